The first-order chi connectivity index (χ1) is 11.8. The quantitative estimate of drug-likeness (QED) is 0.643. The predicted molar refractivity (Wildman–Crippen MR) is 105 cm³/mol. The van der Waals surface area contributed by atoms with Crippen molar-refractivity contribution >= 4 is 44.8 Å². The Morgan fingerprint density at radius 1 is 1.04 bits per heavy atom. The first-order valence-corrected chi connectivity index (χ1v) is 10.7. The van der Waals surface area contributed by atoms with Gasteiger partial charge in [0.05, 0.1) is 11.9 Å². The molecule has 25 heavy (non-hydrogen) atoms. The first-order valence-electron chi connectivity index (χ1n) is 7.57. The fraction of sp³-hybridized carbons (Fsp3) is 0.235. The van der Waals surface area contributed by atoms with Crippen molar-refractivity contribution < 1.29 is 13.2 Å². The summed E-state index contributed by atoms with van der Waals surface area (Å²) in [6.07, 6.45) is 3.05. The maximum atomic E-state index is 12.4. The van der Waals surface area contributed by atoms with E-state index >= 15 is 0 Å². The van der Waals surface area contributed by atoms with E-state index in [1.807, 2.05) is 30.5 Å². The third kappa shape index (κ3) is 5.99. The van der Waals surface area contributed by atoms with Crippen molar-refractivity contribution in [2.45, 2.75) is 17.9 Å². The van der Waals surface area contributed by atoms with Gasteiger partial charge >= 0.3 is 0 Å². The van der Waals surface area contributed by atoms with Gasteiger partial charge in [-0.25, -0.2) is 8.42 Å². The van der Waals surface area contributed by atoms with Crippen molar-refractivity contribution in [2.75, 3.05) is 27.9 Å². The lowest BCUT2D eigenvalue weighted by atomic mass is 10.2. The van der Waals surface area contributed by atoms with Gasteiger partial charge in [-0.2, -0.15) is 0 Å². The second-order valence-corrected chi connectivity index (χ2v) is 8.10. The number of amides is 1. The lowest BCUT2D eigenvalue weighted by Gasteiger charge is -2.17. The Kier molecular flexibility index (Phi) is 6.33. The molecule has 2 aromatic carbocycles. The van der Waals surface area contributed by atoms with E-state index < -0.39 is 16.1 Å². The Hall–Kier alpha value is -2.19. The summed E-state index contributed by atoms with van der Waals surface area (Å²) in [6, 6.07) is 13.9. The van der Waals surface area contributed by atoms with Gasteiger partial charge in [-0.15, -0.1) is 11.8 Å². The smallest absolute Gasteiger partial charge is 0.246 e. The summed E-state index contributed by atoms with van der Waals surface area (Å²) in [5.41, 5.74) is 1.97. The van der Waals surface area contributed by atoms with Gasteiger partial charge in [-0.05, 0) is 49.6 Å². The molecule has 134 valence electrons. The molecule has 1 atom stereocenters. The second kappa shape index (κ2) is 8.26. The molecule has 0 radical (unpaired) electrons. The Labute approximate surface area is 152 Å². The molecule has 3 N–H and O–H groups in total. The summed E-state index contributed by atoms with van der Waals surface area (Å²) in [4.78, 5) is 13.4. The monoisotopic (exact) mass is 379 g/mol. The number of benzene rings is 2. The van der Waals surface area contributed by atoms with E-state index in [0.717, 1.165) is 22.5 Å². The van der Waals surface area contributed by atoms with Crippen molar-refractivity contribution in [2.24, 2.45) is 0 Å². The minimum atomic E-state index is -3.30. The van der Waals surface area contributed by atoms with Gasteiger partial charge < -0.3 is 10.6 Å². The molecule has 0 bridgehead atoms. The van der Waals surface area contributed by atoms with Gasteiger partial charge in [0, 0.05) is 16.3 Å². The van der Waals surface area contributed by atoms with Crippen LogP contribution < -0.4 is 15.4 Å². The standard InChI is InChI=1S/C17H21N3O3S2/c1-12(17(21)19-15-6-4-5-7-16(15)24-2)18-13-8-10-14(11-9-13)20-25(3,22)23/h4-12,18,20H,1-3H3,(H,19,21)/t12-/m1/s1. The van der Waals surface area contributed by atoms with Crippen LogP contribution in [0, 0.1) is 0 Å². The number of anilines is 3. The number of carbonyl (C=O) groups excluding carboxylic acids is 1. The summed E-state index contributed by atoms with van der Waals surface area (Å²) in [5.74, 6) is -0.153. The Morgan fingerprint density at radius 2 is 1.64 bits per heavy atom. The summed E-state index contributed by atoms with van der Waals surface area (Å²) < 4.78 is 24.8. The molecule has 6 nitrogen and oxygen atoms in total. The summed E-state index contributed by atoms with van der Waals surface area (Å²) in [7, 11) is -3.30. The van der Waals surface area contributed by atoms with Crippen LogP contribution >= 0.6 is 11.8 Å². The number of nitrogens with one attached hydrogen (secondary N) is 3. The summed E-state index contributed by atoms with van der Waals surface area (Å²) >= 11 is 1.57. The molecular weight excluding hydrogens is 358 g/mol. The number of hydrogen-bond donors (Lipinski definition) is 3. The summed E-state index contributed by atoms with van der Waals surface area (Å²) in [6.45, 7) is 1.76. The molecule has 0 aliphatic heterocycles. The number of hydrogen-bond acceptors (Lipinski definition) is 5. The molecule has 0 aromatic heterocycles. The molecule has 8 heteroatoms. The third-order valence-electron chi connectivity index (χ3n) is 3.33. The molecule has 0 heterocycles. The van der Waals surface area contributed by atoms with Crippen molar-refractivity contribution in [3.8, 4) is 0 Å². The molecule has 2 aromatic rings. The van der Waals surface area contributed by atoms with Crippen LogP contribution in [0.1, 0.15) is 6.92 Å². The fourth-order valence-electron chi connectivity index (χ4n) is 2.15. The zero-order valence-electron chi connectivity index (χ0n) is 14.2. The molecule has 0 aliphatic rings. The fourth-order valence-corrected chi connectivity index (χ4v) is 3.27. The highest BCUT2D eigenvalue weighted by Gasteiger charge is 2.14. The van der Waals surface area contributed by atoms with Crippen LogP contribution in [0.25, 0.3) is 0 Å². The number of thioether (sulfide) groups is 1. The molecule has 0 saturated carbocycles. The molecule has 0 unspecified atom stereocenters. The SMILES string of the molecule is CSc1ccccc1NC(=O)[C@@H](C)Nc1ccc(NS(C)(=O)=O)cc1. The van der Waals surface area contributed by atoms with Crippen LogP contribution in [0.2, 0.25) is 0 Å². The van der Waals surface area contributed by atoms with E-state index in [0.29, 0.717) is 5.69 Å². The van der Waals surface area contributed by atoms with Gasteiger partial charge in [-0.1, -0.05) is 12.1 Å². The predicted octanol–water partition coefficient (Wildman–Crippen LogP) is 3.22. The zero-order valence-corrected chi connectivity index (χ0v) is 15.9. The Bertz CT molecular complexity index is 836. The van der Waals surface area contributed by atoms with Crippen molar-refractivity contribution in [1.82, 2.24) is 0 Å². The van der Waals surface area contributed by atoms with Crippen LogP contribution in [-0.2, 0) is 14.8 Å². The van der Waals surface area contributed by atoms with E-state index in [4.69, 9.17) is 0 Å². The van der Waals surface area contributed by atoms with Gasteiger partial charge in [0.15, 0.2) is 0 Å². The van der Waals surface area contributed by atoms with Crippen LogP contribution in [0.4, 0.5) is 17.1 Å². The number of sulfonamides is 1. The van der Waals surface area contributed by atoms with E-state index in [2.05, 4.69) is 15.4 Å². The molecule has 0 fully saturated rings. The lowest BCUT2D eigenvalue weighted by Crippen LogP contribution is -2.32. The van der Waals surface area contributed by atoms with Crippen molar-refractivity contribution in [3.63, 3.8) is 0 Å². The maximum Gasteiger partial charge on any atom is 0.246 e. The van der Waals surface area contributed by atoms with Crippen LogP contribution in [0.3, 0.4) is 0 Å². The van der Waals surface area contributed by atoms with E-state index in [9.17, 15) is 13.2 Å². The summed E-state index contributed by atoms with van der Waals surface area (Å²) in [5, 5.41) is 6.00. The Morgan fingerprint density at radius 3 is 2.24 bits per heavy atom. The van der Waals surface area contributed by atoms with Crippen LogP contribution in [-0.4, -0.2) is 32.9 Å². The van der Waals surface area contributed by atoms with Crippen LogP contribution in [0.15, 0.2) is 53.4 Å². The van der Waals surface area contributed by atoms with Gasteiger partial charge in [0.25, 0.3) is 0 Å². The van der Waals surface area contributed by atoms with Gasteiger partial charge in [-0.3, -0.25) is 9.52 Å². The molecule has 2 rings (SSSR count). The third-order valence-corrected chi connectivity index (χ3v) is 4.73. The Balaban J connectivity index is 1.99. The normalized spacial score (nSPS) is 12.3. The highest BCUT2D eigenvalue weighted by atomic mass is 32.2. The topological polar surface area (TPSA) is 87.3 Å². The average molecular weight is 380 g/mol. The second-order valence-electron chi connectivity index (χ2n) is 5.51. The molecule has 1 amide bonds. The minimum Gasteiger partial charge on any atom is -0.374 e. The lowest BCUT2D eigenvalue weighted by molar-refractivity contribution is -0.116. The van der Waals surface area contributed by atoms with Crippen molar-refractivity contribution in [1.29, 1.82) is 0 Å². The number of para-hydroxylation sites is 1. The molecule has 0 aliphatic carbocycles. The van der Waals surface area contributed by atoms with E-state index in [1.54, 1.807) is 43.0 Å². The van der Waals surface area contributed by atoms with E-state index in [1.165, 1.54) is 0 Å². The van der Waals surface area contributed by atoms with Gasteiger partial charge in [0.1, 0.15) is 6.04 Å². The first kappa shape index (κ1) is 19.1. The van der Waals surface area contributed by atoms with Gasteiger partial charge in [0.2, 0.25) is 15.9 Å². The van der Waals surface area contributed by atoms with E-state index in [-0.39, 0.29) is 5.91 Å². The average Bonchev–Trinajstić information content (AvgIpc) is 2.55. The molecule has 0 spiro atoms. The highest BCUT2D eigenvalue weighted by Crippen LogP contribution is 2.25. The molecular formula is C17H21N3O3S2. The molecule has 0 saturated heterocycles. The number of rotatable bonds is 7. The largest absolute Gasteiger partial charge is 0.374 e. The van der Waals surface area contributed by atoms with Crippen LogP contribution in [0.5, 0.6) is 0 Å². The maximum absolute atomic E-state index is 12.4. The minimum absolute atomic E-state index is 0.153. The van der Waals surface area contributed by atoms with Crippen molar-refractivity contribution in [3.05, 3.63) is 48.5 Å². The highest BCUT2D eigenvalue weighted by molar-refractivity contribution is 7.98. The number of carbonyl (C=O) groups is 1. The zero-order chi connectivity index (χ0) is 18.4.